The van der Waals surface area contributed by atoms with Gasteiger partial charge in [0.15, 0.2) is 0 Å². The Morgan fingerprint density at radius 2 is 1.28 bits per heavy atom. The summed E-state index contributed by atoms with van der Waals surface area (Å²) in [7, 11) is 0. The smallest absolute Gasteiger partial charge is 0.123 e. The Balaban J connectivity index is 0.00000368. The third-order valence-electron chi connectivity index (χ3n) is 8.13. The second-order valence-corrected chi connectivity index (χ2v) is 13.2. The lowest BCUT2D eigenvalue weighted by Gasteiger charge is -2.32. The number of rotatable bonds is 16. The standard InChI is InChI=1S/C40H52N2O2.2ClH/c1-30(2)42(31(3)4)25-23-37(35-15-11-8-12-16-35)38-27-32(19-22-39(38)44-29-34-13-9-7-10-14-34)24-26-43-36-20-17-33(18-21-36)28-40(5,6)41;;/h7-22,27,30-31,37H,23-26,28-29,41H2,1-6H3;2*1H/t37-;;/m1../s1. The van der Waals surface area contributed by atoms with E-state index in [0.717, 1.165) is 37.3 Å². The minimum absolute atomic E-state index is 0. The Hall–Kier alpha value is -3.02. The van der Waals surface area contributed by atoms with E-state index in [1.165, 1.54) is 27.8 Å². The topological polar surface area (TPSA) is 47.7 Å². The molecule has 4 rings (SSSR count). The van der Waals surface area contributed by atoms with Gasteiger partial charge >= 0.3 is 0 Å². The van der Waals surface area contributed by atoms with E-state index in [2.05, 4.69) is 131 Å². The molecule has 0 radical (unpaired) electrons. The van der Waals surface area contributed by atoms with E-state index in [-0.39, 0.29) is 36.3 Å². The lowest BCUT2D eigenvalue weighted by Crippen LogP contribution is -2.38. The highest BCUT2D eigenvalue weighted by Gasteiger charge is 2.22. The quantitative estimate of drug-likeness (QED) is 0.130. The minimum atomic E-state index is -0.226. The Labute approximate surface area is 290 Å². The second-order valence-electron chi connectivity index (χ2n) is 13.2. The molecule has 250 valence electrons. The molecule has 0 aliphatic carbocycles. The van der Waals surface area contributed by atoms with Gasteiger partial charge in [-0.25, -0.2) is 0 Å². The van der Waals surface area contributed by atoms with Crippen molar-refractivity contribution >= 4 is 24.8 Å². The average molecular weight is 666 g/mol. The summed E-state index contributed by atoms with van der Waals surface area (Å²) in [5, 5.41) is 0. The fraction of sp³-hybridized carbons (Fsp3) is 0.400. The maximum absolute atomic E-state index is 6.55. The number of nitrogens with two attached hydrogens (primary N) is 1. The van der Waals surface area contributed by atoms with E-state index in [1.807, 2.05) is 18.2 Å². The molecule has 1 atom stereocenters. The molecule has 46 heavy (non-hydrogen) atoms. The first-order chi connectivity index (χ1) is 21.1. The van der Waals surface area contributed by atoms with Crippen molar-refractivity contribution in [1.82, 2.24) is 4.90 Å². The summed E-state index contributed by atoms with van der Waals surface area (Å²) in [6.07, 6.45) is 2.66. The Morgan fingerprint density at radius 3 is 1.87 bits per heavy atom. The lowest BCUT2D eigenvalue weighted by atomic mass is 9.86. The van der Waals surface area contributed by atoms with Crippen LogP contribution >= 0.6 is 24.8 Å². The van der Waals surface area contributed by atoms with E-state index in [9.17, 15) is 0 Å². The van der Waals surface area contributed by atoms with Crippen LogP contribution in [0.25, 0.3) is 0 Å². The Bertz CT molecular complexity index is 1400. The molecule has 4 aromatic carbocycles. The maximum atomic E-state index is 6.55. The predicted molar refractivity (Wildman–Crippen MR) is 199 cm³/mol. The molecule has 0 heterocycles. The van der Waals surface area contributed by atoms with Crippen molar-refractivity contribution < 1.29 is 9.47 Å². The third-order valence-corrected chi connectivity index (χ3v) is 8.13. The molecule has 0 saturated carbocycles. The van der Waals surface area contributed by atoms with Crippen LogP contribution in [0.3, 0.4) is 0 Å². The van der Waals surface area contributed by atoms with E-state index in [0.29, 0.717) is 25.3 Å². The first-order valence-electron chi connectivity index (χ1n) is 16.2. The average Bonchev–Trinajstić information content (AvgIpc) is 2.99. The highest BCUT2D eigenvalue weighted by Crippen LogP contribution is 2.36. The third kappa shape index (κ3) is 12.3. The largest absolute Gasteiger partial charge is 0.493 e. The molecular formula is C40H54Cl2N2O2. The van der Waals surface area contributed by atoms with E-state index in [4.69, 9.17) is 15.2 Å². The molecule has 0 saturated heterocycles. The fourth-order valence-electron chi connectivity index (χ4n) is 5.99. The highest BCUT2D eigenvalue weighted by molar-refractivity contribution is 5.85. The summed E-state index contributed by atoms with van der Waals surface area (Å²) in [5.41, 5.74) is 12.2. The van der Waals surface area contributed by atoms with Gasteiger partial charge in [-0.3, -0.25) is 4.90 Å². The molecule has 0 fully saturated rings. The molecular weight excluding hydrogens is 611 g/mol. The molecule has 4 nitrogen and oxygen atoms in total. The maximum Gasteiger partial charge on any atom is 0.123 e. The van der Waals surface area contributed by atoms with Gasteiger partial charge in [-0.15, -0.1) is 24.8 Å². The van der Waals surface area contributed by atoms with E-state index >= 15 is 0 Å². The second kappa shape index (κ2) is 19.0. The molecule has 0 aliphatic heterocycles. The van der Waals surface area contributed by atoms with Gasteiger partial charge < -0.3 is 15.2 Å². The van der Waals surface area contributed by atoms with Crippen molar-refractivity contribution in [2.75, 3.05) is 13.2 Å². The summed E-state index contributed by atoms with van der Waals surface area (Å²) in [6.45, 7) is 15.4. The number of benzene rings is 4. The van der Waals surface area contributed by atoms with Gasteiger partial charge in [0.1, 0.15) is 18.1 Å². The van der Waals surface area contributed by atoms with Crippen molar-refractivity contribution in [3.05, 3.63) is 131 Å². The Morgan fingerprint density at radius 1 is 0.696 bits per heavy atom. The zero-order chi connectivity index (χ0) is 31.5. The number of halogens is 2. The van der Waals surface area contributed by atoms with Crippen LogP contribution in [0.1, 0.15) is 81.7 Å². The number of nitrogens with zero attached hydrogens (tertiary/aromatic N) is 1. The van der Waals surface area contributed by atoms with Crippen molar-refractivity contribution in [3.63, 3.8) is 0 Å². The molecule has 0 spiro atoms. The number of hydrogen-bond donors (Lipinski definition) is 1. The van der Waals surface area contributed by atoms with Gasteiger partial charge in [-0.05, 0) is 101 Å². The van der Waals surface area contributed by atoms with Gasteiger partial charge in [0.05, 0.1) is 6.61 Å². The van der Waals surface area contributed by atoms with Crippen molar-refractivity contribution in [2.24, 2.45) is 5.73 Å². The molecule has 0 amide bonds. The summed E-state index contributed by atoms with van der Waals surface area (Å²) in [5.74, 6) is 2.05. The summed E-state index contributed by atoms with van der Waals surface area (Å²) in [6, 6.07) is 37.3. The van der Waals surface area contributed by atoms with Crippen LogP contribution in [0.2, 0.25) is 0 Å². The zero-order valence-electron chi connectivity index (χ0n) is 28.4. The molecule has 0 aromatic heterocycles. The predicted octanol–water partition coefficient (Wildman–Crippen LogP) is 9.65. The van der Waals surface area contributed by atoms with Crippen LogP contribution in [-0.4, -0.2) is 35.7 Å². The lowest BCUT2D eigenvalue weighted by molar-refractivity contribution is 0.170. The van der Waals surface area contributed by atoms with Gasteiger partial charge in [0.2, 0.25) is 0 Å². The van der Waals surface area contributed by atoms with Crippen molar-refractivity contribution in [2.45, 2.75) is 91.0 Å². The molecule has 6 heteroatoms. The molecule has 0 bridgehead atoms. The monoisotopic (exact) mass is 664 g/mol. The zero-order valence-corrected chi connectivity index (χ0v) is 30.1. The number of hydrogen-bond acceptors (Lipinski definition) is 4. The fourth-order valence-corrected chi connectivity index (χ4v) is 5.99. The summed E-state index contributed by atoms with van der Waals surface area (Å²) in [4.78, 5) is 2.58. The molecule has 0 unspecified atom stereocenters. The number of ether oxygens (including phenoxy) is 2. The SMILES string of the molecule is CC(C)N(CC[C@H](c1ccccc1)c1cc(CCOc2ccc(CC(C)(C)N)cc2)ccc1OCc1ccccc1)C(C)C.Cl.Cl. The van der Waals surface area contributed by atoms with Crippen LogP contribution in [0, 0.1) is 0 Å². The van der Waals surface area contributed by atoms with E-state index in [1.54, 1.807) is 0 Å². The summed E-state index contributed by atoms with van der Waals surface area (Å²) >= 11 is 0. The van der Waals surface area contributed by atoms with Crippen molar-refractivity contribution in [1.29, 1.82) is 0 Å². The van der Waals surface area contributed by atoms with Crippen LogP contribution < -0.4 is 15.2 Å². The van der Waals surface area contributed by atoms with Gasteiger partial charge in [-0.1, -0.05) is 84.9 Å². The minimum Gasteiger partial charge on any atom is -0.493 e. The summed E-state index contributed by atoms with van der Waals surface area (Å²) < 4.78 is 12.7. The highest BCUT2D eigenvalue weighted by atomic mass is 35.5. The van der Waals surface area contributed by atoms with E-state index < -0.39 is 0 Å². The first-order valence-corrected chi connectivity index (χ1v) is 16.2. The van der Waals surface area contributed by atoms with Crippen LogP contribution in [0.5, 0.6) is 11.5 Å². The van der Waals surface area contributed by atoms with Gasteiger partial charge in [0.25, 0.3) is 0 Å². The normalized spacial score (nSPS) is 12.0. The molecule has 4 aromatic rings. The van der Waals surface area contributed by atoms with Crippen LogP contribution in [0.15, 0.2) is 103 Å². The van der Waals surface area contributed by atoms with Crippen LogP contribution in [0.4, 0.5) is 0 Å². The molecule has 2 N–H and O–H groups in total. The molecule has 0 aliphatic rings. The van der Waals surface area contributed by atoms with Crippen molar-refractivity contribution in [3.8, 4) is 11.5 Å². The van der Waals surface area contributed by atoms with Gasteiger partial charge in [-0.2, -0.15) is 0 Å². The first kappa shape index (κ1) is 39.2. The Kier molecular flexibility index (Phi) is 16.1. The van der Waals surface area contributed by atoms with Gasteiger partial charge in [0, 0.05) is 35.5 Å². The van der Waals surface area contributed by atoms with Crippen LogP contribution in [-0.2, 0) is 19.4 Å².